The average Bonchev–Trinajstić information content (AvgIpc) is 3.15. The average molecular weight is 319 g/mol. The van der Waals surface area contributed by atoms with E-state index in [0.29, 0.717) is 5.02 Å². The number of hydrogen-bond acceptors (Lipinski definition) is 2. The van der Waals surface area contributed by atoms with Crippen LogP contribution in [0, 0.1) is 0 Å². The first-order valence-corrected chi connectivity index (χ1v) is 7.76. The van der Waals surface area contributed by atoms with Gasteiger partial charge in [0.1, 0.15) is 16.7 Å². The fourth-order valence-electron chi connectivity index (χ4n) is 3.12. The molecule has 2 aromatic heterocycles. The van der Waals surface area contributed by atoms with Crippen molar-refractivity contribution in [1.82, 2.24) is 0 Å². The van der Waals surface area contributed by atoms with Crippen LogP contribution in [0.2, 0.25) is 5.02 Å². The molecule has 0 atom stereocenters. The van der Waals surface area contributed by atoms with E-state index < -0.39 is 0 Å². The second kappa shape index (κ2) is 4.64. The lowest BCUT2D eigenvalue weighted by molar-refractivity contribution is 0.617. The molecule has 110 valence electrons. The van der Waals surface area contributed by atoms with Gasteiger partial charge in [0.15, 0.2) is 0 Å². The molecule has 0 bridgehead atoms. The number of halogens is 1. The van der Waals surface area contributed by atoms with Gasteiger partial charge in [-0.3, -0.25) is 0 Å². The Balaban J connectivity index is 1.82. The van der Waals surface area contributed by atoms with Crippen LogP contribution in [0.5, 0.6) is 0 Å². The summed E-state index contributed by atoms with van der Waals surface area (Å²) in [5.41, 5.74) is 4.78. The van der Waals surface area contributed by atoms with Crippen molar-refractivity contribution >= 4 is 44.5 Å². The first-order chi connectivity index (χ1) is 11.3. The molecule has 0 aliphatic heterocycles. The van der Waals surface area contributed by atoms with Crippen molar-refractivity contribution in [1.29, 1.82) is 0 Å². The summed E-state index contributed by atoms with van der Waals surface area (Å²) in [6.45, 7) is 0. The van der Waals surface area contributed by atoms with Crippen LogP contribution in [-0.4, -0.2) is 0 Å². The standard InChI is InChI=1S/C20H11ClO2/c21-13-6-8-20-16(10-13)15-9-12(5-7-19(15)23-20)17-11-22-18-4-2-1-3-14(17)18/h1-11H. The number of para-hydroxylation sites is 1. The summed E-state index contributed by atoms with van der Waals surface area (Å²) in [5.74, 6) is 0. The van der Waals surface area contributed by atoms with Crippen LogP contribution in [0.4, 0.5) is 0 Å². The van der Waals surface area contributed by atoms with E-state index in [0.717, 1.165) is 44.0 Å². The van der Waals surface area contributed by atoms with Gasteiger partial charge in [-0.05, 0) is 42.0 Å². The van der Waals surface area contributed by atoms with Crippen molar-refractivity contribution in [2.75, 3.05) is 0 Å². The van der Waals surface area contributed by atoms with Gasteiger partial charge < -0.3 is 8.83 Å². The molecule has 23 heavy (non-hydrogen) atoms. The zero-order valence-electron chi connectivity index (χ0n) is 12.0. The quantitative estimate of drug-likeness (QED) is 0.346. The van der Waals surface area contributed by atoms with Crippen LogP contribution in [0.3, 0.4) is 0 Å². The van der Waals surface area contributed by atoms with E-state index in [1.165, 1.54) is 0 Å². The van der Waals surface area contributed by atoms with Gasteiger partial charge in [0.05, 0.1) is 6.26 Å². The molecule has 0 spiro atoms. The minimum Gasteiger partial charge on any atom is -0.464 e. The van der Waals surface area contributed by atoms with E-state index >= 15 is 0 Å². The van der Waals surface area contributed by atoms with Crippen molar-refractivity contribution in [2.45, 2.75) is 0 Å². The summed E-state index contributed by atoms with van der Waals surface area (Å²) in [6.07, 6.45) is 1.81. The zero-order valence-corrected chi connectivity index (χ0v) is 12.8. The highest BCUT2D eigenvalue weighted by molar-refractivity contribution is 6.31. The van der Waals surface area contributed by atoms with Crippen molar-refractivity contribution in [2.24, 2.45) is 0 Å². The summed E-state index contributed by atoms with van der Waals surface area (Å²) in [7, 11) is 0. The molecule has 2 nitrogen and oxygen atoms in total. The fraction of sp³-hybridized carbons (Fsp3) is 0. The lowest BCUT2D eigenvalue weighted by Crippen LogP contribution is -1.75. The topological polar surface area (TPSA) is 26.3 Å². The summed E-state index contributed by atoms with van der Waals surface area (Å²) in [5, 5.41) is 3.91. The maximum absolute atomic E-state index is 6.14. The lowest BCUT2D eigenvalue weighted by atomic mass is 10.0. The molecule has 0 saturated carbocycles. The minimum atomic E-state index is 0.708. The number of furan rings is 2. The fourth-order valence-corrected chi connectivity index (χ4v) is 3.29. The van der Waals surface area contributed by atoms with Gasteiger partial charge in [0, 0.05) is 26.7 Å². The number of rotatable bonds is 1. The summed E-state index contributed by atoms with van der Waals surface area (Å²) in [4.78, 5) is 0. The molecule has 0 aliphatic carbocycles. The molecule has 5 aromatic rings. The highest BCUT2D eigenvalue weighted by Gasteiger charge is 2.12. The Morgan fingerprint density at radius 2 is 1.48 bits per heavy atom. The van der Waals surface area contributed by atoms with E-state index in [4.69, 9.17) is 20.4 Å². The van der Waals surface area contributed by atoms with Crippen molar-refractivity contribution < 1.29 is 8.83 Å². The number of hydrogen-bond donors (Lipinski definition) is 0. The van der Waals surface area contributed by atoms with E-state index in [1.807, 2.05) is 42.5 Å². The Hall–Kier alpha value is -2.71. The third-order valence-electron chi connectivity index (χ3n) is 4.22. The van der Waals surface area contributed by atoms with Crippen molar-refractivity contribution in [3.63, 3.8) is 0 Å². The number of fused-ring (bicyclic) bond motifs is 4. The molecule has 0 saturated heterocycles. The predicted octanol–water partition coefficient (Wildman–Crippen LogP) is 6.65. The van der Waals surface area contributed by atoms with Gasteiger partial charge in [-0.25, -0.2) is 0 Å². The summed E-state index contributed by atoms with van der Waals surface area (Å²) >= 11 is 6.14. The Labute approximate surface area is 136 Å². The maximum Gasteiger partial charge on any atom is 0.135 e. The summed E-state index contributed by atoms with van der Waals surface area (Å²) < 4.78 is 11.5. The molecule has 0 N–H and O–H groups in total. The Bertz CT molecular complexity index is 1180. The summed E-state index contributed by atoms with van der Waals surface area (Å²) in [6, 6.07) is 19.9. The molecular weight excluding hydrogens is 308 g/mol. The highest BCUT2D eigenvalue weighted by atomic mass is 35.5. The van der Waals surface area contributed by atoms with Gasteiger partial charge in [-0.15, -0.1) is 0 Å². The van der Waals surface area contributed by atoms with E-state index in [1.54, 1.807) is 6.26 Å². The molecule has 0 amide bonds. The normalized spacial score (nSPS) is 11.7. The van der Waals surface area contributed by atoms with Gasteiger partial charge in [0.25, 0.3) is 0 Å². The monoisotopic (exact) mass is 318 g/mol. The van der Waals surface area contributed by atoms with Crippen LogP contribution in [0.25, 0.3) is 44.0 Å². The SMILES string of the molecule is Clc1ccc2oc3ccc(-c4coc5ccccc45)cc3c2c1. The number of benzene rings is 3. The van der Waals surface area contributed by atoms with Gasteiger partial charge in [0.2, 0.25) is 0 Å². The first-order valence-electron chi connectivity index (χ1n) is 7.38. The Morgan fingerprint density at radius 1 is 0.696 bits per heavy atom. The van der Waals surface area contributed by atoms with Crippen molar-refractivity contribution in [3.8, 4) is 11.1 Å². The lowest BCUT2D eigenvalue weighted by Gasteiger charge is -1.99. The van der Waals surface area contributed by atoms with Crippen LogP contribution >= 0.6 is 11.6 Å². The van der Waals surface area contributed by atoms with Crippen LogP contribution in [0.15, 0.2) is 75.8 Å². The molecule has 0 radical (unpaired) electrons. The predicted molar refractivity (Wildman–Crippen MR) is 93.9 cm³/mol. The molecule has 3 heteroatoms. The second-order valence-corrected chi connectivity index (χ2v) is 6.04. The van der Waals surface area contributed by atoms with Crippen LogP contribution < -0.4 is 0 Å². The van der Waals surface area contributed by atoms with E-state index in [2.05, 4.69) is 18.2 Å². The molecule has 2 heterocycles. The van der Waals surface area contributed by atoms with Gasteiger partial charge >= 0.3 is 0 Å². The van der Waals surface area contributed by atoms with Crippen LogP contribution in [-0.2, 0) is 0 Å². The van der Waals surface area contributed by atoms with E-state index in [-0.39, 0.29) is 0 Å². The molecular formula is C20H11ClO2. The van der Waals surface area contributed by atoms with Gasteiger partial charge in [-0.1, -0.05) is 35.9 Å². The largest absolute Gasteiger partial charge is 0.464 e. The van der Waals surface area contributed by atoms with Crippen molar-refractivity contribution in [3.05, 3.63) is 71.9 Å². The Kier molecular flexibility index (Phi) is 2.58. The second-order valence-electron chi connectivity index (χ2n) is 5.60. The molecule has 0 unspecified atom stereocenters. The molecule has 0 fully saturated rings. The highest BCUT2D eigenvalue weighted by Crippen LogP contribution is 2.36. The molecule has 0 aliphatic rings. The smallest absolute Gasteiger partial charge is 0.135 e. The maximum atomic E-state index is 6.14. The third kappa shape index (κ3) is 1.89. The molecule has 3 aromatic carbocycles. The van der Waals surface area contributed by atoms with Crippen LogP contribution in [0.1, 0.15) is 0 Å². The van der Waals surface area contributed by atoms with E-state index in [9.17, 15) is 0 Å². The third-order valence-corrected chi connectivity index (χ3v) is 4.46. The zero-order chi connectivity index (χ0) is 15.4. The minimum absolute atomic E-state index is 0.708. The van der Waals surface area contributed by atoms with Gasteiger partial charge in [-0.2, -0.15) is 0 Å². The molecule has 5 rings (SSSR count). The first kappa shape index (κ1) is 12.8. The Morgan fingerprint density at radius 3 is 2.39 bits per heavy atom.